The number of methoxy groups -OCH3 is 1. The van der Waals surface area contributed by atoms with Gasteiger partial charge in [-0.15, -0.1) is 0 Å². The van der Waals surface area contributed by atoms with Gasteiger partial charge in [-0.3, -0.25) is 9.69 Å². The van der Waals surface area contributed by atoms with Crippen LogP contribution in [0, 0.1) is 13.8 Å². The van der Waals surface area contributed by atoms with Crippen molar-refractivity contribution in [2.24, 2.45) is 0 Å². The number of rotatable bonds is 5. The second kappa shape index (κ2) is 8.33. The summed E-state index contributed by atoms with van der Waals surface area (Å²) in [5.41, 5.74) is 5.07. The minimum Gasteiger partial charge on any atom is -0.496 e. The first-order valence-corrected chi connectivity index (χ1v) is 11.0. The molecular formula is C24H27BrN2O2. The first kappa shape index (κ1) is 20.2. The van der Waals surface area contributed by atoms with Gasteiger partial charge in [0.15, 0.2) is 5.78 Å². The molecule has 29 heavy (non-hydrogen) atoms. The van der Waals surface area contributed by atoms with Crippen LogP contribution in [0.1, 0.15) is 40.9 Å². The van der Waals surface area contributed by atoms with Crippen LogP contribution in [0.4, 0.5) is 0 Å². The predicted molar refractivity (Wildman–Crippen MR) is 122 cm³/mol. The van der Waals surface area contributed by atoms with E-state index >= 15 is 0 Å². The van der Waals surface area contributed by atoms with Crippen molar-refractivity contribution >= 4 is 32.6 Å². The molecule has 1 saturated heterocycles. The first-order valence-electron chi connectivity index (χ1n) is 10.2. The Hall–Kier alpha value is -2.11. The average molecular weight is 455 g/mol. The van der Waals surface area contributed by atoms with Crippen molar-refractivity contribution in [1.82, 2.24) is 9.47 Å². The van der Waals surface area contributed by atoms with E-state index in [0.29, 0.717) is 6.54 Å². The maximum Gasteiger partial charge on any atom is 0.179 e. The summed E-state index contributed by atoms with van der Waals surface area (Å²) in [6, 6.07) is 12.5. The summed E-state index contributed by atoms with van der Waals surface area (Å²) >= 11 is 3.61. The van der Waals surface area contributed by atoms with Crippen LogP contribution in [-0.2, 0) is 0 Å². The number of hydrogen-bond acceptors (Lipinski definition) is 3. The number of aryl methyl sites for hydroxylation is 1. The summed E-state index contributed by atoms with van der Waals surface area (Å²) in [6.45, 7) is 6.63. The molecule has 4 nitrogen and oxygen atoms in total. The summed E-state index contributed by atoms with van der Waals surface area (Å²) < 4.78 is 8.60. The molecule has 1 aromatic heterocycles. The molecule has 3 aromatic rings. The highest BCUT2D eigenvalue weighted by molar-refractivity contribution is 9.10. The fourth-order valence-electron chi connectivity index (χ4n) is 4.35. The second-order valence-corrected chi connectivity index (χ2v) is 8.75. The molecule has 5 heteroatoms. The van der Waals surface area contributed by atoms with Crippen molar-refractivity contribution in [1.29, 1.82) is 0 Å². The Balaban J connectivity index is 1.87. The van der Waals surface area contributed by atoms with Crippen LogP contribution in [-0.4, -0.2) is 42.0 Å². The number of carbonyl (C=O) groups excluding carboxylic acids is 1. The van der Waals surface area contributed by atoms with Crippen molar-refractivity contribution in [2.45, 2.75) is 33.1 Å². The fourth-order valence-corrected chi connectivity index (χ4v) is 4.84. The van der Waals surface area contributed by atoms with Gasteiger partial charge in [-0.1, -0.05) is 24.1 Å². The first-order chi connectivity index (χ1) is 14.0. The lowest BCUT2D eigenvalue weighted by molar-refractivity contribution is 0.0916. The molecule has 4 rings (SSSR count). The number of Topliss-reactive ketones (excluding diaryl/α,β-unsaturated/α-hetero) is 1. The van der Waals surface area contributed by atoms with E-state index in [-0.39, 0.29) is 5.78 Å². The molecule has 0 N–H and O–H groups in total. The minimum atomic E-state index is 0.185. The Morgan fingerprint density at radius 2 is 1.76 bits per heavy atom. The number of nitrogens with zero attached hydrogens (tertiary/aromatic N) is 2. The van der Waals surface area contributed by atoms with Crippen molar-refractivity contribution < 1.29 is 9.53 Å². The summed E-state index contributed by atoms with van der Waals surface area (Å²) in [5.74, 6) is 0.926. The number of carbonyl (C=O) groups is 1. The molecule has 1 fully saturated rings. The molecule has 2 heterocycles. The molecule has 2 aromatic carbocycles. The molecule has 0 aliphatic carbocycles. The van der Waals surface area contributed by atoms with Gasteiger partial charge in [0, 0.05) is 22.3 Å². The van der Waals surface area contributed by atoms with Gasteiger partial charge in [0.2, 0.25) is 0 Å². The number of ether oxygens (including phenoxy) is 1. The van der Waals surface area contributed by atoms with E-state index in [1.807, 2.05) is 13.0 Å². The molecule has 152 valence electrons. The zero-order chi connectivity index (χ0) is 20.5. The monoisotopic (exact) mass is 454 g/mol. The third-order valence-corrected chi connectivity index (χ3v) is 6.48. The number of halogens is 1. The molecule has 0 spiro atoms. The zero-order valence-electron chi connectivity index (χ0n) is 17.3. The standard InChI is InChI=1S/C24H27BrN2O2/c1-16-7-9-18(10-8-16)27-17(2)24(22(28)15-26-11-5-4-6-12-26)19-13-23(29-3)20(25)14-21(19)27/h7-10,13-14H,4-6,11-12,15H2,1-3H3. The van der Waals surface area contributed by atoms with Gasteiger partial charge >= 0.3 is 0 Å². The van der Waals surface area contributed by atoms with Gasteiger partial charge in [0.1, 0.15) is 5.75 Å². The number of ketones is 1. The van der Waals surface area contributed by atoms with Gasteiger partial charge in [0.05, 0.1) is 23.6 Å². The minimum absolute atomic E-state index is 0.185. The fraction of sp³-hybridized carbons (Fsp3) is 0.375. The maximum atomic E-state index is 13.4. The molecule has 1 aliphatic rings. The summed E-state index contributed by atoms with van der Waals surface area (Å²) in [7, 11) is 1.66. The van der Waals surface area contributed by atoms with E-state index in [4.69, 9.17) is 4.74 Å². The van der Waals surface area contributed by atoms with E-state index in [0.717, 1.165) is 51.2 Å². The molecule has 1 aliphatic heterocycles. The third kappa shape index (κ3) is 3.86. The van der Waals surface area contributed by atoms with E-state index in [2.05, 4.69) is 62.7 Å². The predicted octanol–water partition coefficient (Wildman–Crippen LogP) is 5.69. The molecule has 0 amide bonds. The molecule has 0 saturated carbocycles. The van der Waals surface area contributed by atoms with Gasteiger partial charge in [-0.2, -0.15) is 0 Å². The maximum absolute atomic E-state index is 13.4. The van der Waals surface area contributed by atoms with Crippen molar-refractivity contribution in [3.8, 4) is 11.4 Å². The van der Waals surface area contributed by atoms with E-state index in [9.17, 15) is 4.79 Å². The van der Waals surface area contributed by atoms with E-state index in [1.54, 1.807) is 7.11 Å². The Labute approximate surface area is 180 Å². The summed E-state index contributed by atoms with van der Waals surface area (Å²) in [5, 5.41) is 0.949. The van der Waals surface area contributed by atoms with Crippen LogP contribution in [0.2, 0.25) is 0 Å². The molecule has 0 atom stereocenters. The second-order valence-electron chi connectivity index (χ2n) is 7.90. The van der Waals surface area contributed by atoms with Crippen LogP contribution < -0.4 is 4.74 Å². The number of hydrogen-bond donors (Lipinski definition) is 0. The Kier molecular flexibility index (Phi) is 5.79. The lowest BCUT2D eigenvalue weighted by Crippen LogP contribution is -2.34. The highest BCUT2D eigenvalue weighted by Gasteiger charge is 2.24. The Morgan fingerprint density at radius 3 is 2.41 bits per heavy atom. The van der Waals surface area contributed by atoms with Crippen LogP contribution in [0.25, 0.3) is 16.6 Å². The number of likely N-dealkylation sites (tertiary alicyclic amines) is 1. The molecule has 0 bridgehead atoms. The zero-order valence-corrected chi connectivity index (χ0v) is 18.9. The molecular weight excluding hydrogens is 428 g/mol. The molecule has 0 unspecified atom stereocenters. The largest absolute Gasteiger partial charge is 0.496 e. The summed E-state index contributed by atoms with van der Waals surface area (Å²) in [4.78, 5) is 15.7. The van der Waals surface area contributed by atoms with Gasteiger partial charge in [-0.25, -0.2) is 0 Å². The quantitative estimate of drug-likeness (QED) is 0.464. The Morgan fingerprint density at radius 1 is 1.07 bits per heavy atom. The number of aromatic nitrogens is 1. The highest BCUT2D eigenvalue weighted by Crippen LogP contribution is 2.37. The lowest BCUT2D eigenvalue weighted by atomic mass is 10.0. The van der Waals surface area contributed by atoms with Crippen molar-refractivity contribution in [3.05, 3.63) is 57.7 Å². The summed E-state index contributed by atoms with van der Waals surface area (Å²) in [6.07, 6.45) is 3.62. The van der Waals surface area contributed by atoms with Crippen LogP contribution >= 0.6 is 15.9 Å². The number of benzene rings is 2. The van der Waals surface area contributed by atoms with Crippen molar-refractivity contribution in [2.75, 3.05) is 26.7 Å². The van der Waals surface area contributed by atoms with Crippen molar-refractivity contribution in [3.63, 3.8) is 0 Å². The van der Waals surface area contributed by atoms with E-state index in [1.165, 1.54) is 24.8 Å². The normalized spacial score (nSPS) is 15.0. The smallest absolute Gasteiger partial charge is 0.179 e. The SMILES string of the molecule is COc1cc2c(C(=O)CN3CCCCC3)c(C)n(-c3ccc(C)cc3)c2cc1Br. The topological polar surface area (TPSA) is 34.5 Å². The lowest BCUT2D eigenvalue weighted by Gasteiger charge is -2.25. The van der Waals surface area contributed by atoms with Crippen LogP contribution in [0.15, 0.2) is 40.9 Å². The molecule has 0 radical (unpaired) electrons. The van der Waals surface area contributed by atoms with Gasteiger partial charge in [-0.05, 0) is 80.0 Å². The van der Waals surface area contributed by atoms with E-state index < -0.39 is 0 Å². The van der Waals surface area contributed by atoms with Gasteiger partial charge < -0.3 is 9.30 Å². The van der Waals surface area contributed by atoms with Gasteiger partial charge in [0.25, 0.3) is 0 Å². The number of fused-ring (bicyclic) bond motifs is 1. The average Bonchev–Trinajstić information content (AvgIpc) is 2.99. The highest BCUT2D eigenvalue weighted by atomic mass is 79.9. The third-order valence-electron chi connectivity index (χ3n) is 5.86. The Bertz CT molecular complexity index is 1050. The van der Waals surface area contributed by atoms with Crippen LogP contribution in [0.3, 0.4) is 0 Å². The van der Waals surface area contributed by atoms with Crippen LogP contribution in [0.5, 0.6) is 5.75 Å². The number of piperidine rings is 1.